The zero-order chi connectivity index (χ0) is 20.5. The van der Waals surface area contributed by atoms with Gasteiger partial charge < -0.3 is 9.30 Å². The Balaban J connectivity index is 2.09. The van der Waals surface area contributed by atoms with E-state index in [1.54, 1.807) is 11.8 Å². The highest BCUT2D eigenvalue weighted by atomic mass is 32.2. The summed E-state index contributed by atoms with van der Waals surface area (Å²) in [6.45, 7) is 8.65. The fraction of sp³-hybridized carbons (Fsp3) is 0.240. The molecule has 1 aromatic heterocycles. The Morgan fingerprint density at radius 3 is 2.45 bits per heavy atom. The molecule has 3 aromatic carbocycles. The molecule has 4 aromatic rings. The highest BCUT2D eigenvalue weighted by molar-refractivity contribution is 8.00. The zero-order valence-electron chi connectivity index (χ0n) is 17.2. The van der Waals surface area contributed by atoms with E-state index in [1.807, 2.05) is 12.1 Å². The number of benzene rings is 3. The Labute approximate surface area is 175 Å². The molecule has 4 rings (SSSR count). The predicted octanol–water partition coefficient (Wildman–Crippen LogP) is 6.58. The van der Waals surface area contributed by atoms with Crippen molar-refractivity contribution in [3.05, 3.63) is 71.8 Å². The summed E-state index contributed by atoms with van der Waals surface area (Å²) >= 11 is 1.75. The molecule has 0 atom stereocenters. The van der Waals surface area contributed by atoms with Gasteiger partial charge in [-0.1, -0.05) is 62.4 Å². The van der Waals surface area contributed by atoms with Crippen molar-refractivity contribution in [1.82, 2.24) is 4.57 Å². The third kappa shape index (κ3) is 3.77. The number of carbonyl (C=O) groups is 1. The maximum atomic E-state index is 11.8. The number of rotatable bonds is 5. The van der Waals surface area contributed by atoms with E-state index in [4.69, 9.17) is 4.74 Å². The molecule has 1 heterocycles. The van der Waals surface area contributed by atoms with E-state index in [0.29, 0.717) is 11.0 Å². The molecule has 0 amide bonds. The largest absolute Gasteiger partial charge is 0.425 e. The molecular formula is C25H25NO2S. The Bertz CT molecular complexity index is 1190. The second kappa shape index (κ2) is 7.96. The Kier molecular flexibility index (Phi) is 5.37. The van der Waals surface area contributed by atoms with Crippen molar-refractivity contribution in [1.29, 1.82) is 0 Å². The molecule has 0 N–H and O–H groups in total. The number of esters is 1. The number of thioether (sulfide) groups is 1. The molecule has 148 valence electrons. The van der Waals surface area contributed by atoms with Gasteiger partial charge in [-0.15, -0.1) is 11.8 Å². The first-order valence-corrected chi connectivity index (χ1v) is 10.8. The second-order valence-corrected chi connectivity index (χ2v) is 9.18. The van der Waals surface area contributed by atoms with Crippen LogP contribution in [0.3, 0.4) is 0 Å². The third-order valence-electron chi connectivity index (χ3n) is 4.94. The van der Waals surface area contributed by atoms with E-state index in [0.717, 1.165) is 22.5 Å². The highest BCUT2D eigenvalue weighted by Crippen LogP contribution is 2.44. The average Bonchev–Trinajstić information content (AvgIpc) is 3.00. The Morgan fingerprint density at radius 1 is 1.07 bits per heavy atom. The number of aryl methyl sites for hydroxylation is 1. The lowest BCUT2D eigenvalue weighted by atomic mass is 10.1. The van der Waals surface area contributed by atoms with Crippen LogP contribution >= 0.6 is 11.8 Å². The van der Waals surface area contributed by atoms with Crippen LogP contribution in [0.5, 0.6) is 5.75 Å². The smallest absolute Gasteiger partial charge is 0.308 e. The topological polar surface area (TPSA) is 31.2 Å². The lowest BCUT2D eigenvalue weighted by molar-refractivity contribution is -0.132. The van der Waals surface area contributed by atoms with Gasteiger partial charge in [0, 0.05) is 35.0 Å². The van der Waals surface area contributed by atoms with Crippen LogP contribution in [0, 0.1) is 6.92 Å². The van der Waals surface area contributed by atoms with Crippen molar-refractivity contribution in [3.63, 3.8) is 0 Å². The Morgan fingerprint density at radius 2 is 1.76 bits per heavy atom. The van der Waals surface area contributed by atoms with Crippen LogP contribution in [-0.2, 0) is 11.3 Å². The van der Waals surface area contributed by atoms with Gasteiger partial charge in [0.2, 0.25) is 0 Å². The average molecular weight is 404 g/mol. The number of carbonyl (C=O) groups excluding carboxylic acids is 1. The zero-order valence-corrected chi connectivity index (χ0v) is 18.0. The number of nitrogens with zero attached hydrogens (tertiary/aromatic N) is 1. The van der Waals surface area contributed by atoms with Gasteiger partial charge in [-0.2, -0.15) is 0 Å². The molecule has 0 saturated carbocycles. The van der Waals surface area contributed by atoms with Crippen LogP contribution in [0.25, 0.3) is 21.8 Å². The normalized spacial score (nSPS) is 11.5. The summed E-state index contributed by atoms with van der Waals surface area (Å²) in [5.74, 6) is 0.360. The molecule has 0 spiro atoms. The molecule has 0 bridgehead atoms. The molecule has 0 aliphatic carbocycles. The van der Waals surface area contributed by atoms with Crippen molar-refractivity contribution in [2.24, 2.45) is 0 Å². The summed E-state index contributed by atoms with van der Waals surface area (Å²) in [7, 11) is 0. The van der Waals surface area contributed by atoms with Gasteiger partial charge in [0.25, 0.3) is 0 Å². The summed E-state index contributed by atoms with van der Waals surface area (Å²) in [5, 5.41) is 2.82. The molecule has 0 aliphatic heterocycles. The standard InChI is InChI=1S/C25H25NO2S/c1-16(2)29-25-22(28-18(4)27)14-17(3)23-20-12-8-9-13-21(20)26(24(23)25)15-19-10-6-5-7-11-19/h5-14,16H,15H2,1-4H3. The minimum absolute atomic E-state index is 0.292. The number of fused-ring (bicyclic) bond motifs is 3. The molecule has 29 heavy (non-hydrogen) atoms. The lowest BCUT2D eigenvalue weighted by Crippen LogP contribution is -2.06. The van der Waals surface area contributed by atoms with Crippen molar-refractivity contribution < 1.29 is 9.53 Å². The number of hydrogen-bond acceptors (Lipinski definition) is 3. The SMILES string of the molecule is CC(=O)Oc1cc(C)c2c3ccccc3n(Cc3ccccc3)c2c1SC(C)C. The predicted molar refractivity (Wildman–Crippen MR) is 122 cm³/mol. The summed E-state index contributed by atoms with van der Waals surface area (Å²) in [5.41, 5.74) is 4.70. The van der Waals surface area contributed by atoms with Gasteiger partial charge >= 0.3 is 5.97 Å². The minimum Gasteiger partial charge on any atom is -0.425 e. The molecule has 0 aliphatic rings. The van der Waals surface area contributed by atoms with Gasteiger partial charge in [0.05, 0.1) is 10.4 Å². The van der Waals surface area contributed by atoms with Crippen molar-refractivity contribution in [2.45, 2.75) is 44.4 Å². The summed E-state index contributed by atoms with van der Waals surface area (Å²) in [6, 6.07) is 21.0. The Hall–Kier alpha value is -2.72. The first-order valence-electron chi connectivity index (χ1n) is 9.89. The maximum Gasteiger partial charge on any atom is 0.308 e. The molecule has 0 unspecified atom stereocenters. The fourth-order valence-corrected chi connectivity index (χ4v) is 4.91. The molecule has 4 heteroatoms. The molecule has 0 saturated heterocycles. The first-order chi connectivity index (χ1) is 14.0. The van der Waals surface area contributed by atoms with Crippen molar-refractivity contribution >= 4 is 39.5 Å². The van der Waals surface area contributed by atoms with Gasteiger partial charge in [0.15, 0.2) is 0 Å². The van der Waals surface area contributed by atoms with E-state index < -0.39 is 0 Å². The van der Waals surface area contributed by atoms with E-state index >= 15 is 0 Å². The quantitative estimate of drug-likeness (QED) is 0.214. The van der Waals surface area contributed by atoms with Gasteiger partial charge in [-0.25, -0.2) is 0 Å². The summed E-state index contributed by atoms with van der Waals surface area (Å²) in [4.78, 5) is 12.8. The van der Waals surface area contributed by atoms with Gasteiger partial charge in [-0.05, 0) is 30.2 Å². The van der Waals surface area contributed by atoms with E-state index in [-0.39, 0.29) is 5.97 Å². The third-order valence-corrected chi connectivity index (χ3v) is 6.04. The summed E-state index contributed by atoms with van der Waals surface area (Å²) in [6.07, 6.45) is 0. The van der Waals surface area contributed by atoms with Crippen LogP contribution in [0.15, 0.2) is 65.6 Å². The molecular weight excluding hydrogens is 378 g/mol. The minimum atomic E-state index is -0.292. The molecule has 0 fully saturated rings. The van der Waals surface area contributed by atoms with Crippen molar-refractivity contribution in [3.8, 4) is 5.75 Å². The number of para-hydroxylation sites is 1. The van der Waals surface area contributed by atoms with E-state index in [9.17, 15) is 4.79 Å². The van der Waals surface area contributed by atoms with Gasteiger partial charge in [0.1, 0.15) is 5.75 Å². The van der Waals surface area contributed by atoms with Crippen LogP contribution in [0.1, 0.15) is 31.9 Å². The second-order valence-electron chi connectivity index (χ2n) is 7.59. The highest BCUT2D eigenvalue weighted by Gasteiger charge is 2.22. The first kappa shape index (κ1) is 19.6. The number of aromatic nitrogens is 1. The van der Waals surface area contributed by atoms with Crippen LogP contribution < -0.4 is 4.74 Å². The number of ether oxygens (including phenoxy) is 1. The van der Waals surface area contributed by atoms with Crippen LogP contribution in [-0.4, -0.2) is 15.8 Å². The van der Waals surface area contributed by atoms with Crippen LogP contribution in [0.2, 0.25) is 0 Å². The lowest BCUT2D eigenvalue weighted by Gasteiger charge is -2.17. The summed E-state index contributed by atoms with van der Waals surface area (Å²) < 4.78 is 8.03. The van der Waals surface area contributed by atoms with E-state index in [1.165, 1.54) is 28.8 Å². The fourth-order valence-electron chi connectivity index (χ4n) is 3.90. The molecule has 3 nitrogen and oxygen atoms in total. The monoisotopic (exact) mass is 403 g/mol. The maximum absolute atomic E-state index is 11.8. The van der Waals surface area contributed by atoms with Gasteiger partial charge in [-0.3, -0.25) is 4.79 Å². The van der Waals surface area contributed by atoms with Crippen LogP contribution in [0.4, 0.5) is 0 Å². The van der Waals surface area contributed by atoms with Crippen molar-refractivity contribution in [2.75, 3.05) is 0 Å². The number of hydrogen-bond donors (Lipinski definition) is 0. The van der Waals surface area contributed by atoms with E-state index in [2.05, 4.69) is 73.9 Å². The molecule has 0 radical (unpaired) electrons.